The zero-order valence-electron chi connectivity index (χ0n) is 14.5. The third-order valence-electron chi connectivity index (χ3n) is 3.89. The topological polar surface area (TPSA) is 113 Å². The summed E-state index contributed by atoms with van der Waals surface area (Å²) in [6.07, 6.45) is 3.97. The molecule has 8 nitrogen and oxygen atoms in total. The minimum absolute atomic E-state index is 0.139. The highest BCUT2D eigenvalue weighted by Crippen LogP contribution is 2.19. The number of furan rings is 1. The molecule has 0 fully saturated rings. The summed E-state index contributed by atoms with van der Waals surface area (Å²) in [7, 11) is 0. The van der Waals surface area contributed by atoms with Crippen LogP contribution in [-0.2, 0) is 27.3 Å². The zero-order valence-corrected chi connectivity index (χ0v) is 14.5. The molecule has 0 bridgehead atoms. The van der Waals surface area contributed by atoms with E-state index >= 15 is 0 Å². The van der Waals surface area contributed by atoms with Crippen LogP contribution in [0.5, 0.6) is 0 Å². The third kappa shape index (κ3) is 5.21. The lowest BCUT2D eigenvalue weighted by Crippen LogP contribution is -2.41. The van der Waals surface area contributed by atoms with Crippen LogP contribution in [0.4, 0.5) is 4.79 Å². The van der Waals surface area contributed by atoms with Crippen molar-refractivity contribution in [1.29, 1.82) is 0 Å². The van der Waals surface area contributed by atoms with Crippen LogP contribution in [0, 0.1) is 0 Å². The number of ether oxygens (including phenoxy) is 1. The van der Waals surface area contributed by atoms with Crippen LogP contribution in [0.15, 0.2) is 53.3 Å². The van der Waals surface area contributed by atoms with Crippen LogP contribution in [0.3, 0.4) is 0 Å². The maximum absolute atomic E-state index is 11.8. The van der Waals surface area contributed by atoms with E-state index in [1.165, 1.54) is 6.26 Å². The van der Waals surface area contributed by atoms with E-state index in [1.807, 2.05) is 30.5 Å². The van der Waals surface area contributed by atoms with E-state index in [4.69, 9.17) is 9.15 Å². The van der Waals surface area contributed by atoms with Crippen LogP contribution in [0.2, 0.25) is 0 Å². The lowest BCUT2D eigenvalue weighted by Gasteiger charge is -2.06. The quantitative estimate of drug-likeness (QED) is 0.553. The van der Waals surface area contributed by atoms with Crippen molar-refractivity contribution in [2.45, 2.75) is 19.4 Å². The Hall–Kier alpha value is -3.55. The number of esters is 1. The molecule has 0 spiro atoms. The number of amides is 3. The number of aromatic nitrogens is 1. The van der Waals surface area contributed by atoms with E-state index in [1.54, 1.807) is 12.1 Å². The molecular formula is C19H19N3O5. The molecule has 3 amide bonds. The molecule has 2 aromatic heterocycles. The van der Waals surface area contributed by atoms with E-state index in [0.29, 0.717) is 12.2 Å². The summed E-state index contributed by atoms with van der Waals surface area (Å²) < 4.78 is 9.96. The SMILES string of the molecule is O=C(COC(=O)CCc1c[nH]c2ccccc12)NC(=O)NCc1ccco1. The highest BCUT2D eigenvalue weighted by molar-refractivity contribution is 5.95. The van der Waals surface area contributed by atoms with Gasteiger partial charge in [0.25, 0.3) is 5.91 Å². The number of aryl methyl sites for hydroxylation is 1. The summed E-state index contributed by atoms with van der Waals surface area (Å²) in [6.45, 7) is -0.364. The van der Waals surface area contributed by atoms with Crippen molar-refractivity contribution in [2.24, 2.45) is 0 Å². The van der Waals surface area contributed by atoms with E-state index < -0.39 is 24.5 Å². The van der Waals surface area contributed by atoms with E-state index in [2.05, 4.69) is 15.6 Å². The van der Waals surface area contributed by atoms with Gasteiger partial charge in [-0.1, -0.05) is 18.2 Å². The smallest absolute Gasteiger partial charge is 0.321 e. The van der Waals surface area contributed by atoms with Crippen LogP contribution >= 0.6 is 0 Å². The predicted octanol–water partition coefficient (Wildman–Crippen LogP) is 2.26. The Morgan fingerprint density at radius 1 is 1.11 bits per heavy atom. The monoisotopic (exact) mass is 369 g/mol. The summed E-state index contributed by atoms with van der Waals surface area (Å²) >= 11 is 0. The highest BCUT2D eigenvalue weighted by Gasteiger charge is 2.12. The Morgan fingerprint density at radius 3 is 2.78 bits per heavy atom. The first-order valence-electron chi connectivity index (χ1n) is 8.42. The molecule has 0 atom stereocenters. The fraction of sp³-hybridized carbons (Fsp3) is 0.211. The average Bonchev–Trinajstić information content (AvgIpc) is 3.33. The van der Waals surface area contributed by atoms with Crippen molar-refractivity contribution in [3.05, 3.63) is 60.2 Å². The Bertz CT molecular complexity index is 930. The molecule has 27 heavy (non-hydrogen) atoms. The molecule has 0 aliphatic heterocycles. The van der Waals surface area contributed by atoms with Crippen molar-refractivity contribution in [3.8, 4) is 0 Å². The molecule has 0 radical (unpaired) electrons. The first-order valence-corrected chi connectivity index (χ1v) is 8.42. The van der Waals surface area contributed by atoms with Gasteiger partial charge in [0, 0.05) is 23.5 Å². The number of carbonyl (C=O) groups excluding carboxylic acids is 3. The molecule has 0 aliphatic rings. The van der Waals surface area contributed by atoms with Crippen LogP contribution < -0.4 is 10.6 Å². The number of imide groups is 1. The number of benzene rings is 1. The van der Waals surface area contributed by atoms with Gasteiger partial charge in [0.15, 0.2) is 6.61 Å². The highest BCUT2D eigenvalue weighted by atomic mass is 16.5. The lowest BCUT2D eigenvalue weighted by atomic mass is 10.1. The Balaban J connectivity index is 1.35. The molecule has 140 valence electrons. The fourth-order valence-electron chi connectivity index (χ4n) is 2.58. The second kappa shape index (κ2) is 8.70. The molecule has 3 aromatic rings. The van der Waals surface area contributed by atoms with Gasteiger partial charge in [0.05, 0.1) is 12.8 Å². The minimum Gasteiger partial charge on any atom is -0.467 e. The van der Waals surface area contributed by atoms with Crippen LogP contribution in [0.1, 0.15) is 17.7 Å². The van der Waals surface area contributed by atoms with Gasteiger partial charge in [0.1, 0.15) is 5.76 Å². The molecule has 3 N–H and O–H groups in total. The lowest BCUT2D eigenvalue weighted by molar-refractivity contribution is -0.148. The van der Waals surface area contributed by atoms with E-state index in [0.717, 1.165) is 16.5 Å². The first kappa shape index (κ1) is 18.2. The number of para-hydroxylation sites is 1. The first-order chi connectivity index (χ1) is 13.1. The summed E-state index contributed by atoms with van der Waals surface area (Å²) in [5.74, 6) is -0.653. The number of aromatic amines is 1. The van der Waals surface area contributed by atoms with Crippen molar-refractivity contribution in [2.75, 3.05) is 6.61 Å². The van der Waals surface area contributed by atoms with Gasteiger partial charge in [-0.3, -0.25) is 14.9 Å². The summed E-state index contributed by atoms with van der Waals surface area (Å²) in [6, 6.07) is 10.5. The van der Waals surface area contributed by atoms with Gasteiger partial charge in [-0.2, -0.15) is 0 Å². The van der Waals surface area contributed by atoms with Crippen LogP contribution in [0.25, 0.3) is 10.9 Å². The Labute approximate surface area is 154 Å². The van der Waals surface area contributed by atoms with Crippen molar-refractivity contribution in [3.63, 3.8) is 0 Å². The molecule has 8 heteroatoms. The largest absolute Gasteiger partial charge is 0.467 e. The van der Waals surface area contributed by atoms with Crippen molar-refractivity contribution < 1.29 is 23.5 Å². The van der Waals surface area contributed by atoms with E-state index in [-0.39, 0.29) is 13.0 Å². The van der Waals surface area contributed by atoms with Gasteiger partial charge in [-0.25, -0.2) is 4.79 Å². The van der Waals surface area contributed by atoms with Crippen molar-refractivity contribution >= 4 is 28.8 Å². The van der Waals surface area contributed by atoms with Gasteiger partial charge in [-0.15, -0.1) is 0 Å². The molecule has 0 aliphatic carbocycles. The maximum Gasteiger partial charge on any atom is 0.321 e. The number of fused-ring (bicyclic) bond motifs is 1. The standard InChI is InChI=1S/C19H19N3O5/c23-17(22-19(25)21-11-14-4-3-9-26-14)12-27-18(24)8-7-13-10-20-16-6-2-1-5-15(13)16/h1-6,9-10,20H,7-8,11-12H2,(H2,21,22,23,25). The molecule has 0 saturated carbocycles. The zero-order chi connectivity index (χ0) is 19.1. The normalized spacial score (nSPS) is 10.5. The maximum atomic E-state index is 11.8. The summed E-state index contributed by atoms with van der Waals surface area (Å²) in [4.78, 5) is 38.2. The predicted molar refractivity (Wildman–Crippen MR) is 96.7 cm³/mol. The second-order valence-electron chi connectivity index (χ2n) is 5.83. The molecule has 3 rings (SSSR count). The molecular weight excluding hydrogens is 350 g/mol. The number of hydrogen-bond acceptors (Lipinski definition) is 5. The van der Waals surface area contributed by atoms with Gasteiger partial charge in [-0.05, 0) is 30.2 Å². The molecule has 0 unspecified atom stereocenters. The average molecular weight is 369 g/mol. The second-order valence-corrected chi connectivity index (χ2v) is 5.83. The number of rotatable bonds is 7. The molecule has 0 saturated heterocycles. The number of H-pyrrole nitrogens is 1. The fourth-order valence-corrected chi connectivity index (χ4v) is 2.58. The van der Waals surface area contributed by atoms with Gasteiger partial charge >= 0.3 is 12.0 Å². The number of hydrogen-bond donors (Lipinski definition) is 3. The number of urea groups is 1. The van der Waals surface area contributed by atoms with Crippen LogP contribution in [-0.4, -0.2) is 29.5 Å². The summed E-state index contributed by atoms with van der Waals surface area (Å²) in [5, 5.41) is 5.59. The minimum atomic E-state index is -0.701. The van der Waals surface area contributed by atoms with Crippen molar-refractivity contribution in [1.82, 2.24) is 15.6 Å². The summed E-state index contributed by atoms with van der Waals surface area (Å²) in [5.41, 5.74) is 2.00. The Kier molecular flexibility index (Phi) is 5.88. The van der Waals surface area contributed by atoms with E-state index in [9.17, 15) is 14.4 Å². The number of carbonyl (C=O) groups is 3. The van der Waals surface area contributed by atoms with Gasteiger partial charge < -0.3 is 19.5 Å². The molecule has 2 heterocycles. The number of nitrogens with one attached hydrogen (secondary N) is 3. The van der Waals surface area contributed by atoms with Gasteiger partial charge in [0.2, 0.25) is 0 Å². The third-order valence-corrected chi connectivity index (χ3v) is 3.89. The Morgan fingerprint density at radius 2 is 1.96 bits per heavy atom. The molecule has 1 aromatic carbocycles.